The number of carbonyl (C=O) groups is 1. The maximum absolute atomic E-state index is 14.0. The Kier molecular flexibility index (Phi) is 7.77. The Balaban J connectivity index is 1.72. The quantitative estimate of drug-likeness (QED) is 0.440. The number of aromatic hydroxyl groups is 1. The standard InChI is InChI=1S/C27H28F3NO6/c1-3-14-35-26(34)17-4-6-18(7-5-17)36-24-22(33)19-8-9-21(32)20(15-31-12-10-16(2)11-13-31)23(19)37-25(24)27(28,29)30/h4-9,16,32H,3,10-15H2,1-2H3/p+1. The zero-order valence-electron chi connectivity index (χ0n) is 20.6. The van der Waals surface area contributed by atoms with Crippen molar-refractivity contribution in [3.63, 3.8) is 0 Å². The number of hydrogen-bond acceptors (Lipinski definition) is 6. The highest BCUT2D eigenvalue weighted by atomic mass is 19.4. The lowest BCUT2D eigenvalue weighted by atomic mass is 9.98. The van der Waals surface area contributed by atoms with Gasteiger partial charge in [0.1, 0.15) is 18.0 Å². The van der Waals surface area contributed by atoms with Gasteiger partial charge in [-0.15, -0.1) is 0 Å². The second-order valence-corrected chi connectivity index (χ2v) is 9.40. The molecule has 1 fully saturated rings. The fraction of sp³-hybridized carbons (Fsp3) is 0.407. The Hall–Kier alpha value is -3.53. The van der Waals surface area contributed by atoms with E-state index in [-0.39, 0.29) is 46.7 Å². The van der Waals surface area contributed by atoms with Crippen molar-refractivity contribution >= 4 is 16.9 Å². The van der Waals surface area contributed by atoms with Gasteiger partial charge >= 0.3 is 12.1 Å². The highest BCUT2D eigenvalue weighted by Gasteiger charge is 2.41. The van der Waals surface area contributed by atoms with E-state index in [1.807, 2.05) is 6.92 Å². The number of quaternary nitrogens is 1. The van der Waals surface area contributed by atoms with Crippen molar-refractivity contribution in [2.24, 2.45) is 5.92 Å². The molecule has 3 aromatic rings. The molecule has 0 atom stereocenters. The second-order valence-electron chi connectivity index (χ2n) is 9.40. The third-order valence-corrected chi connectivity index (χ3v) is 6.51. The summed E-state index contributed by atoms with van der Waals surface area (Å²) < 4.78 is 57.8. The smallest absolute Gasteiger partial charge is 0.453 e. The molecular formula is C27H29F3NO6+. The number of alkyl halides is 3. The van der Waals surface area contributed by atoms with Crippen LogP contribution in [0.1, 0.15) is 54.8 Å². The van der Waals surface area contributed by atoms with Gasteiger partial charge in [0.15, 0.2) is 5.58 Å². The first-order chi connectivity index (χ1) is 17.6. The van der Waals surface area contributed by atoms with Crippen molar-refractivity contribution in [2.45, 2.75) is 45.8 Å². The molecule has 4 rings (SSSR count). The molecule has 1 saturated heterocycles. The van der Waals surface area contributed by atoms with Crippen molar-refractivity contribution in [3.05, 3.63) is 63.5 Å². The van der Waals surface area contributed by atoms with E-state index < -0.39 is 29.1 Å². The number of benzene rings is 2. The van der Waals surface area contributed by atoms with E-state index in [2.05, 4.69) is 6.92 Å². The van der Waals surface area contributed by atoms with Crippen molar-refractivity contribution < 1.29 is 41.9 Å². The van der Waals surface area contributed by atoms with E-state index >= 15 is 0 Å². The van der Waals surface area contributed by atoms with E-state index in [0.29, 0.717) is 12.3 Å². The molecule has 1 aromatic heterocycles. The lowest BCUT2D eigenvalue weighted by Gasteiger charge is -2.27. The summed E-state index contributed by atoms with van der Waals surface area (Å²) >= 11 is 0. The van der Waals surface area contributed by atoms with Crippen molar-refractivity contribution in [2.75, 3.05) is 19.7 Å². The Labute approximate surface area is 211 Å². The minimum absolute atomic E-state index is 0.0879. The van der Waals surface area contributed by atoms with Crippen LogP contribution in [0.4, 0.5) is 13.2 Å². The van der Waals surface area contributed by atoms with Crippen LogP contribution in [0.5, 0.6) is 17.2 Å². The van der Waals surface area contributed by atoms with Gasteiger partial charge in [-0.1, -0.05) is 13.8 Å². The van der Waals surface area contributed by atoms with Crippen LogP contribution in [0.3, 0.4) is 0 Å². The normalized spacial score (nSPS) is 18.1. The number of halogens is 3. The Morgan fingerprint density at radius 1 is 1.14 bits per heavy atom. The summed E-state index contributed by atoms with van der Waals surface area (Å²) in [5.74, 6) is -2.94. The number of hydrogen-bond donors (Lipinski definition) is 2. The summed E-state index contributed by atoms with van der Waals surface area (Å²) in [6.45, 7) is 6.06. The molecule has 0 aliphatic carbocycles. The third-order valence-electron chi connectivity index (χ3n) is 6.51. The number of likely N-dealkylation sites (tertiary alicyclic amines) is 1. The SMILES string of the molecule is CCCOC(=O)c1ccc(Oc2c(C(F)(F)F)oc3c(C[NH+]4CCC(C)CC4)c(O)ccc3c2=O)cc1. The Morgan fingerprint density at radius 3 is 2.43 bits per heavy atom. The fourth-order valence-corrected chi connectivity index (χ4v) is 4.39. The van der Waals surface area contributed by atoms with Gasteiger partial charge in [-0.25, -0.2) is 4.79 Å². The number of nitrogens with one attached hydrogen (secondary N) is 1. The molecule has 1 aliphatic rings. The topological polar surface area (TPSA) is 90.4 Å². The van der Waals surface area contributed by atoms with Gasteiger partial charge in [-0.2, -0.15) is 13.2 Å². The summed E-state index contributed by atoms with van der Waals surface area (Å²) in [6, 6.07) is 7.73. The van der Waals surface area contributed by atoms with Crippen LogP contribution in [0, 0.1) is 5.92 Å². The number of rotatable bonds is 7. The monoisotopic (exact) mass is 520 g/mol. The first-order valence-electron chi connectivity index (χ1n) is 12.3. The van der Waals surface area contributed by atoms with Crippen LogP contribution in [-0.4, -0.2) is 30.8 Å². The fourth-order valence-electron chi connectivity index (χ4n) is 4.39. The van der Waals surface area contributed by atoms with Gasteiger partial charge in [-0.3, -0.25) is 4.79 Å². The van der Waals surface area contributed by atoms with Gasteiger partial charge in [0.2, 0.25) is 11.2 Å². The van der Waals surface area contributed by atoms with Gasteiger partial charge in [-0.05, 0) is 61.6 Å². The van der Waals surface area contributed by atoms with E-state index in [0.717, 1.165) is 30.8 Å². The molecule has 1 aliphatic heterocycles. The largest absolute Gasteiger partial charge is 0.507 e. The highest BCUT2D eigenvalue weighted by Crippen LogP contribution is 2.39. The number of carbonyl (C=O) groups excluding carboxylic acids is 1. The average Bonchev–Trinajstić information content (AvgIpc) is 2.86. The van der Waals surface area contributed by atoms with Gasteiger partial charge in [0.25, 0.3) is 5.76 Å². The van der Waals surface area contributed by atoms with Crippen LogP contribution in [0.15, 0.2) is 45.6 Å². The van der Waals surface area contributed by atoms with E-state index in [1.165, 1.54) is 36.4 Å². The molecule has 0 bridgehead atoms. The second kappa shape index (κ2) is 10.8. The number of phenols is 1. The van der Waals surface area contributed by atoms with Crippen molar-refractivity contribution in [3.8, 4) is 17.2 Å². The molecule has 7 nitrogen and oxygen atoms in total. The summed E-state index contributed by atoms with van der Waals surface area (Å²) in [5, 5.41) is 10.4. The Morgan fingerprint density at radius 2 is 1.81 bits per heavy atom. The van der Waals surface area contributed by atoms with Crippen LogP contribution in [-0.2, 0) is 17.5 Å². The number of phenolic OH excluding ortho intramolecular Hbond substituents is 1. The van der Waals surface area contributed by atoms with Crippen molar-refractivity contribution in [1.82, 2.24) is 0 Å². The maximum atomic E-state index is 14.0. The molecule has 198 valence electrons. The molecule has 0 spiro atoms. The van der Waals surface area contributed by atoms with Crippen molar-refractivity contribution in [1.29, 1.82) is 0 Å². The van der Waals surface area contributed by atoms with Gasteiger partial charge < -0.3 is 23.9 Å². The molecule has 2 N–H and O–H groups in total. The predicted octanol–water partition coefficient (Wildman–Crippen LogP) is 4.69. The molecule has 2 aromatic carbocycles. The molecule has 10 heteroatoms. The van der Waals surface area contributed by atoms with Gasteiger partial charge in [0.05, 0.1) is 36.2 Å². The molecule has 0 saturated carbocycles. The molecule has 0 amide bonds. The van der Waals surface area contributed by atoms with Crippen LogP contribution in [0.2, 0.25) is 0 Å². The average molecular weight is 521 g/mol. The zero-order chi connectivity index (χ0) is 26.7. The molecule has 37 heavy (non-hydrogen) atoms. The lowest BCUT2D eigenvalue weighted by Crippen LogP contribution is -3.11. The van der Waals surface area contributed by atoms with E-state index in [9.17, 15) is 27.9 Å². The summed E-state index contributed by atoms with van der Waals surface area (Å²) in [4.78, 5) is 26.3. The van der Waals surface area contributed by atoms with E-state index in [1.54, 1.807) is 0 Å². The summed E-state index contributed by atoms with van der Waals surface area (Å²) in [5.41, 5.74) is -0.961. The number of ether oxygens (including phenoxy) is 2. The first-order valence-corrected chi connectivity index (χ1v) is 12.3. The zero-order valence-corrected chi connectivity index (χ0v) is 20.6. The minimum atomic E-state index is -5.04. The molecule has 0 radical (unpaired) electrons. The minimum Gasteiger partial charge on any atom is -0.507 e. The summed E-state index contributed by atoms with van der Waals surface area (Å²) in [7, 11) is 0. The van der Waals surface area contributed by atoms with Crippen LogP contribution < -0.4 is 15.1 Å². The van der Waals surface area contributed by atoms with Crippen LogP contribution in [0.25, 0.3) is 11.0 Å². The molecular weight excluding hydrogens is 491 g/mol. The van der Waals surface area contributed by atoms with Crippen LogP contribution >= 0.6 is 0 Å². The third kappa shape index (κ3) is 5.90. The van der Waals surface area contributed by atoms with Gasteiger partial charge in [0, 0.05) is 0 Å². The Bertz CT molecular complexity index is 1330. The number of piperidine rings is 1. The summed E-state index contributed by atoms with van der Waals surface area (Å²) in [6.07, 6.45) is -2.47. The lowest BCUT2D eigenvalue weighted by molar-refractivity contribution is -0.919. The van der Waals surface area contributed by atoms with E-state index in [4.69, 9.17) is 13.9 Å². The predicted molar refractivity (Wildman–Crippen MR) is 129 cm³/mol. The maximum Gasteiger partial charge on any atom is 0.453 e. The molecule has 2 heterocycles. The molecule has 0 unspecified atom stereocenters. The first kappa shape index (κ1) is 26.5. The number of fused-ring (bicyclic) bond motifs is 1. The number of esters is 1. The highest BCUT2D eigenvalue weighted by molar-refractivity contribution is 5.89.